The molecule has 0 bridgehead atoms. The Hall–Kier alpha value is -0.740. The van der Waals surface area contributed by atoms with E-state index in [4.69, 9.17) is 11.6 Å². The summed E-state index contributed by atoms with van der Waals surface area (Å²) in [6.45, 7) is 3.40. The largest absolute Gasteiger partial charge is 0.283 e. The minimum absolute atomic E-state index is 0.0536. The van der Waals surface area contributed by atoms with Crippen LogP contribution in [0.15, 0.2) is 24.3 Å². The van der Waals surface area contributed by atoms with Gasteiger partial charge in [-0.15, -0.1) is 11.6 Å². The molecule has 0 radical (unpaired) electrons. The van der Waals surface area contributed by atoms with Gasteiger partial charge in [0.1, 0.15) is 0 Å². The Morgan fingerprint density at radius 1 is 1.40 bits per heavy atom. The van der Waals surface area contributed by atoms with Crippen LogP contribution in [0.25, 0.3) is 0 Å². The molecule has 0 amide bonds. The Morgan fingerprint density at radius 3 is 2.53 bits per heavy atom. The first-order valence-electron chi connectivity index (χ1n) is 4.69. The standard InChI is InChI=1S/C10H14ClNO2S/c1-3-15(13,14)12-10-7-5-4-6-9(10)8(2)11/h4-8,12H,3H2,1-2H3. The van der Waals surface area contributed by atoms with Crippen LogP contribution in [-0.2, 0) is 10.0 Å². The maximum atomic E-state index is 11.4. The van der Waals surface area contributed by atoms with Crippen molar-refractivity contribution in [3.8, 4) is 0 Å². The van der Waals surface area contributed by atoms with Gasteiger partial charge in [-0.3, -0.25) is 4.72 Å². The Bertz CT molecular complexity index is 429. The molecular formula is C10H14ClNO2S. The van der Waals surface area contributed by atoms with E-state index in [0.29, 0.717) is 5.69 Å². The number of rotatable bonds is 4. The van der Waals surface area contributed by atoms with E-state index in [9.17, 15) is 8.42 Å². The summed E-state index contributed by atoms with van der Waals surface area (Å²) in [5.74, 6) is 0.0536. The predicted molar refractivity (Wildman–Crippen MR) is 63.8 cm³/mol. The molecule has 0 saturated heterocycles. The smallest absolute Gasteiger partial charge is 0.232 e. The summed E-state index contributed by atoms with van der Waals surface area (Å²) in [6.07, 6.45) is 0. The van der Waals surface area contributed by atoms with E-state index in [0.717, 1.165) is 5.56 Å². The van der Waals surface area contributed by atoms with Crippen LogP contribution >= 0.6 is 11.6 Å². The van der Waals surface area contributed by atoms with Crippen molar-refractivity contribution in [3.63, 3.8) is 0 Å². The molecule has 15 heavy (non-hydrogen) atoms. The molecule has 0 aliphatic heterocycles. The van der Waals surface area contributed by atoms with E-state index in [1.807, 2.05) is 12.1 Å². The van der Waals surface area contributed by atoms with Crippen LogP contribution in [0.4, 0.5) is 5.69 Å². The van der Waals surface area contributed by atoms with Gasteiger partial charge < -0.3 is 0 Å². The molecule has 3 nitrogen and oxygen atoms in total. The summed E-state index contributed by atoms with van der Waals surface area (Å²) >= 11 is 5.95. The molecule has 0 spiro atoms. The third-order valence-electron chi connectivity index (χ3n) is 2.03. The normalized spacial score (nSPS) is 13.5. The van der Waals surface area contributed by atoms with Gasteiger partial charge in [0.25, 0.3) is 0 Å². The lowest BCUT2D eigenvalue weighted by molar-refractivity contribution is 0.602. The summed E-state index contributed by atoms with van der Waals surface area (Å²) in [5, 5.41) is -0.222. The quantitative estimate of drug-likeness (QED) is 0.832. The molecule has 1 unspecified atom stereocenters. The topological polar surface area (TPSA) is 46.2 Å². The number of sulfonamides is 1. The van der Waals surface area contributed by atoms with Crippen LogP contribution in [0.1, 0.15) is 24.8 Å². The maximum Gasteiger partial charge on any atom is 0.232 e. The van der Waals surface area contributed by atoms with E-state index in [1.165, 1.54) is 0 Å². The van der Waals surface area contributed by atoms with Gasteiger partial charge in [0, 0.05) is 0 Å². The first kappa shape index (κ1) is 12.3. The summed E-state index contributed by atoms with van der Waals surface area (Å²) in [4.78, 5) is 0. The van der Waals surface area contributed by atoms with Crippen LogP contribution in [0.5, 0.6) is 0 Å². The van der Waals surface area contributed by atoms with Crippen LogP contribution in [-0.4, -0.2) is 14.2 Å². The minimum atomic E-state index is -3.24. The number of hydrogen-bond acceptors (Lipinski definition) is 2. The van der Waals surface area contributed by atoms with Crippen LogP contribution in [0, 0.1) is 0 Å². The molecule has 1 N–H and O–H groups in total. The lowest BCUT2D eigenvalue weighted by Crippen LogP contribution is -2.15. The molecule has 1 aromatic carbocycles. The fourth-order valence-electron chi connectivity index (χ4n) is 1.18. The van der Waals surface area contributed by atoms with Gasteiger partial charge in [-0.25, -0.2) is 8.42 Å². The van der Waals surface area contributed by atoms with Crippen molar-refractivity contribution in [2.24, 2.45) is 0 Å². The second-order valence-electron chi connectivity index (χ2n) is 3.21. The molecular weight excluding hydrogens is 234 g/mol. The highest BCUT2D eigenvalue weighted by atomic mass is 35.5. The summed E-state index contributed by atoms with van der Waals surface area (Å²) in [7, 11) is -3.24. The number of alkyl halides is 1. The molecule has 5 heteroatoms. The highest BCUT2D eigenvalue weighted by Crippen LogP contribution is 2.27. The number of anilines is 1. The van der Waals surface area contributed by atoms with E-state index >= 15 is 0 Å². The lowest BCUT2D eigenvalue weighted by atomic mass is 10.1. The number of benzene rings is 1. The molecule has 1 aromatic rings. The number of para-hydroxylation sites is 1. The van der Waals surface area contributed by atoms with Gasteiger partial charge in [-0.05, 0) is 25.5 Å². The third kappa shape index (κ3) is 3.39. The molecule has 0 aromatic heterocycles. The summed E-state index contributed by atoms with van der Waals surface area (Å²) in [5.41, 5.74) is 1.35. The molecule has 0 aliphatic rings. The first-order chi connectivity index (χ1) is 6.96. The fourth-order valence-corrected chi connectivity index (χ4v) is 2.03. The molecule has 1 rings (SSSR count). The van der Waals surface area contributed by atoms with E-state index in [1.54, 1.807) is 26.0 Å². The monoisotopic (exact) mass is 247 g/mol. The zero-order valence-electron chi connectivity index (χ0n) is 8.70. The van der Waals surface area contributed by atoms with Crippen LogP contribution < -0.4 is 4.72 Å². The Balaban J connectivity index is 3.05. The summed E-state index contributed by atoms with van der Waals surface area (Å²) in [6, 6.07) is 7.13. The molecule has 0 heterocycles. The number of nitrogens with one attached hydrogen (secondary N) is 1. The van der Waals surface area contributed by atoms with Crippen molar-refractivity contribution in [1.29, 1.82) is 0 Å². The Kier molecular flexibility index (Phi) is 3.99. The van der Waals surface area contributed by atoms with Gasteiger partial charge in [-0.1, -0.05) is 18.2 Å². The van der Waals surface area contributed by atoms with Gasteiger partial charge in [-0.2, -0.15) is 0 Å². The molecule has 0 aliphatic carbocycles. The van der Waals surface area contributed by atoms with Crippen molar-refractivity contribution in [1.82, 2.24) is 0 Å². The zero-order chi connectivity index (χ0) is 11.5. The third-order valence-corrected chi connectivity index (χ3v) is 3.56. The summed E-state index contributed by atoms with van der Waals surface area (Å²) < 4.78 is 25.3. The van der Waals surface area contributed by atoms with E-state index in [-0.39, 0.29) is 11.1 Å². The second-order valence-corrected chi connectivity index (χ2v) is 5.87. The number of halogens is 1. The Labute approximate surface area is 95.5 Å². The predicted octanol–water partition coefficient (Wildman–Crippen LogP) is 2.75. The molecule has 0 saturated carbocycles. The van der Waals surface area contributed by atoms with Crippen molar-refractivity contribution in [3.05, 3.63) is 29.8 Å². The molecule has 1 atom stereocenters. The van der Waals surface area contributed by atoms with Crippen molar-refractivity contribution in [2.45, 2.75) is 19.2 Å². The average Bonchev–Trinajstić information content (AvgIpc) is 2.18. The van der Waals surface area contributed by atoms with Gasteiger partial charge in [0.15, 0.2) is 0 Å². The van der Waals surface area contributed by atoms with Crippen LogP contribution in [0.3, 0.4) is 0 Å². The van der Waals surface area contributed by atoms with Crippen LogP contribution in [0.2, 0.25) is 0 Å². The first-order valence-corrected chi connectivity index (χ1v) is 6.78. The average molecular weight is 248 g/mol. The SMILES string of the molecule is CCS(=O)(=O)Nc1ccccc1C(C)Cl. The second kappa shape index (κ2) is 4.86. The fraction of sp³-hybridized carbons (Fsp3) is 0.400. The van der Waals surface area contributed by atoms with Gasteiger partial charge in [0.05, 0.1) is 16.8 Å². The zero-order valence-corrected chi connectivity index (χ0v) is 10.3. The van der Waals surface area contributed by atoms with E-state index in [2.05, 4.69) is 4.72 Å². The highest BCUT2D eigenvalue weighted by Gasteiger charge is 2.12. The highest BCUT2D eigenvalue weighted by molar-refractivity contribution is 7.92. The van der Waals surface area contributed by atoms with Crippen molar-refractivity contribution >= 4 is 27.3 Å². The minimum Gasteiger partial charge on any atom is -0.283 e. The van der Waals surface area contributed by atoms with E-state index < -0.39 is 10.0 Å². The lowest BCUT2D eigenvalue weighted by Gasteiger charge is -2.12. The Morgan fingerprint density at radius 2 is 2.00 bits per heavy atom. The van der Waals surface area contributed by atoms with Crippen molar-refractivity contribution < 1.29 is 8.42 Å². The number of hydrogen-bond donors (Lipinski definition) is 1. The molecule has 84 valence electrons. The van der Waals surface area contributed by atoms with Crippen molar-refractivity contribution in [2.75, 3.05) is 10.5 Å². The van der Waals surface area contributed by atoms with Gasteiger partial charge >= 0.3 is 0 Å². The maximum absolute atomic E-state index is 11.4. The molecule has 0 fully saturated rings. The van der Waals surface area contributed by atoms with Gasteiger partial charge in [0.2, 0.25) is 10.0 Å².